The number of hydrogen-bond acceptors (Lipinski definition) is 3. The van der Waals surface area contributed by atoms with Crippen LogP contribution in [0.4, 0.5) is 0 Å². The van der Waals surface area contributed by atoms with Crippen LogP contribution in [0.5, 0.6) is 0 Å². The fourth-order valence-corrected chi connectivity index (χ4v) is 2.91. The zero-order valence-corrected chi connectivity index (χ0v) is 11.7. The Labute approximate surface area is 105 Å². The Balaban J connectivity index is 2.24. The minimum atomic E-state index is -0.210. The molecule has 3 nitrogen and oxygen atoms in total. The van der Waals surface area contributed by atoms with Crippen LogP contribution < -0.4 is 10.6 Å². The van der Waals surface area contributed by atoms with Gasteiger partial charge in [0.15, 0.2) is 0 Å². The van der Waals surface area contributed by atoms with Gasteiger partial charge in [0.1, 0.15) is 5.72 Å². The van der Waals surface area contributed by atoms with Crippen molar-refractivity contribution in [3.8, 4) is 0 Å². The van der Waals surface area contributed by atoms with Crippen molar-refractivity contribution >= 4 is 0 Å². The largest absolute Gasteiger partial charge is 0.355 e. The van der Waals surface area contributed by atoms with Crippen molar-refractivity contribution in [1.29, 1.82) is 0 Å². The minimum absolute atomic E-state index is 0.205. The van der Waals surface area contributed by atoms with Crippen molar-refractivity contribution in [2.45, 2.75) is 65.0 Å². The van der Waals surface area contributed by atoms with Crippen LogP contribution in [0.1, 0.15) is 41.0 Å². The Morgan fingerprint density at radius 3 is 2.59 bits per heavy atom. The Bertz CT molecular complexity index is 304. The fourth-order valence-electron chi connectivity index (χ4n) is 2.91. The van der Waals surface area contributed by atoms with Crippen LogP contribution in [0.15, 0.2) is 12.2 Å². The molecule has 0 spiro atoms. The topological polar surface area (TPSA) is 33.3 Å². The maximum absolute atomic E-state index is 6.22. The molecule has 0 aromatic rings. The van der Waals surface area contributed by atoms with E-state index in [1.54, 1.807) is 0 Å². The van der Waals surface area contributed by atoms with Gasteiger partial charge in [0.25, 0.3) is 0 Å². The summed E-state index contributed by atoms with van der Waals surface area (Å²) in [4.78, 5) is 0. The molecule has 2 aliphatic heterocycles. The molecule has 98 valence electrons. The molecule has 0 aromatic carbocycles. The lowest BCUT2D eigenvalue weighted by atomic mass is 9.80. The second kappa shape index (κ2) is 4.38. The van der Waals surface area contributed by atoms with Crippen molar-refractivity contribution in [3.63, 3.8) is 0 Å². The molecule has 0 radical (unpaired) electrons. The van der Waals surface area contributed by atoms with E-state index < -0.39 is 0 Å². The molecule has 0 aliphatic carbocycles. The minimum Gasteiger partial charge on any atom is -0.355 e. The first kappa shape index (κ1) is 13.1. The van der Waals surface area contributed by atoms with E-state index in [1.807, 2.05) is 0 Å². The van der Waals surface area contributed by atoms with Crippen molar-refractivity contribution in [2.75, 3.05) is 6.54 Å². The molecule has 0 amide bonds. The standard InChI is InChI=1S/C14H26N2O/c1-13(2,3)12-11-10(8-6-7-9-15-12)16-14(4,5)17-11/h6-7,10-12,15-16H,8-9H2,1-5H3. The molecule has 2 rings (SSSR count). The maximum atomic E-state index is 6.22. The Hall–Kier alpha value is -0.380. The van der Waals surface area contributed by atoms with Gasteiger partial charge in [-0.15, -0.1) is 0 Å². The third kappa shape index (κ3) is 2.90. The molecular formula is C14H26N2O. The third-order valence-corrected chi connectivity index (χ3v) is 3.63. The molecular weight excluding hydrogens is 212 g/mol. The lowest BCUT2D eigenvalue weighted by Crippen LogP contribution is -2.54. The summed E-state index contributed by atoms with van der Waals surface area (Å²) in [7, 11) is 0. The molecule has 0 bridgehead atoms. The Kier molecular flexibility index (Phi) is 3.36. The van der Waals surface area contributed by atoms with Crippen molar-refractivity contribution in [3.05, 3.63) is 12.2 Å². The summed E-state index contributed by atoms with van der Waals surface area (Å²) < 4.78 is 6.22. The molecule has 2 aliphatic rings. The van der Waals surface area contributed by atoms with Crippen LogP contribution in [0.3, 0.4) is 0 Å². The molecule has 3 atom stereocenters. The highest BCUT2D eigenvalue weighted by Crippen LogP contribution is 2.33. The van der Waals surface area contributed by atoms with Gasteiger partial charge in [0.05, 0.1) is 6.10 Å². The van der Waals surface area contributed by atoms with Crippen LogP contribution in [-0.2, 0) is 4.74 Å². The number of nitrogens with one attached hydrogen (secondary N) is 2. The molecule has 1 fully saturated rings. The lowest BCUT2D eigenvalue weighted by molar-refractivity contribution is -0.0556. The van der Waals surface area contributed by atoms with Gasteiger partial charge < -0.3 is 10.1 Å². The van der Waals surface area contributed by atoms with E-state index in [0.717, 1.165) is 13.0 Å². The smallest absolute Gasteiger partial charge is 0.114 e. The van der Waals surface area contributed by atoms with Crippen LogP contribution >= 0.6 is 0 Å². The second-order valence-corrected chi connectivity index (χ2v) is 6.80. The molecule has 0 aromatic heterocycles. The maximum Gasteiger partial charge on any atom is 0.114 e. The number of fused-ring (bicyclic) bond motifs is 1. The molecule has 1 saturated heterocycles. The van der Waals surface area contributed by atoms with Gasteiger partial charge in [-0.25, -0.2) is 0 Å². The Morgan fingerprint density at radius 1 is 1.24 bits per heavy atom. The molecule has 2 heterocycles. The van der Waals surface area contributed by atoms with Crippen molar-refractivity contribution in [2.24, 2.45) is 5.41 Å². The first-order valence-corrected chi connectivity index (χ1v) is 6.63. The summed E-state index contributed by atoms with van der Waals surface area (Å²) in [5.74, 6) is 0. The molecule has 2 N–H and O–H groups in total. The molecule has 17 heavy (non-hydrogen) atoms. The van der Waals surface area contributed by atoms with Gasteiger partial charge >= 0.3 is 0 Å². The monoisotopic (exact) mass is 238 g/mol. The number of ether oxygens (including phenoxy) is 1. The van der Waals surface area contributed by atoms with Gasteiger partial charge in [0, 0.05) is 18.6 Å². The van der Waals surface area contributed by atoms with Gasteiger partial charge in [-0.05, 0) is 25.7 Å². The predicted octanol–water partition coefficient (Wildman–Crippen LogP) is 2.04. The highest BCUT2D eigenvalue weighted by molar-refractivity contribution is 5.06. The van der Waals surface area contributed by atoms with Crippen molar-refractivity contribution < 1.29 is 4.74 Å². The zero-order valence-electron chi connectivity index (χ0n) is 11.7. The van der Waals surface area contributed by atoms with Gasteiger partial charge in [-0.3, -0.25) is 5.32 Å². The first-order chi connectivity index (χ1) is 7.80. The summed E-state index contributed by atoms with van der Waals surface area (Å²) >= 11 is 0. The normalized spacial score (nSPS) is 37.4. The van der Waals surface area contributed by atoms with E-state index in [9.17, 15) is 0 Å². The highest BCUT2D eigenvalue weighted by Gasteiger charge is 2.46. The fraction of sp³-hybridized carbons (Fsp3) is 0.857. The van der Waals surface area contributed by atoms with E-state index in [1.165, 1.54) is 0 Å². The third-order valence-electron chi connectivity index (χ3n) is 3.63. The summed E-state index contributed by atoms with van der Waals surface area (Å²) in [6, 6.07) is 0.796. The van der Waals surface area contributed by atoms with E-state index in [-0.39, 0.29) is 17.2 Å². The summed E-state index contributed by atoms with van der Waals surface area (Å²) in [5, 5.41) is 7.21. The average molecular weight is 238 g/mol. The summed E-state index contributed by atoms with van der Waals surface area (Å²) in [6.07, 6.45) is 5.78. The zero-order chi connectivity index (χ0) is 12.7. The molecule has 0 saturated carbocycles. The van der Waals surface area contributed by atoms with Gasteiger partial charge in [-0.2, -0.15) is 0 Å². The van der Waals surface area contributed by atoms with E-state index in [0.29, 0.717) is 12.1 Å². The van der Waals surface area contributed by atoms with Crippen LogP contribution in [-0.4, -0.2) is 30.5 Å². The number of rotatable bonds is 0. The predicted molar refractivity (Wildman–Crippen MR) is 70.9 cm³/mol. The van der Waals surface area contributed by atoms with E-state index in [2.05, 4.69) is 57.4 Å². The average Bonchev–Trinajstić information content (AvgIpc) is 2.40. The van der Waals surface area contributed by atoms with Crippen LogP contribution in [0.2, 0.25) is 0 Å². The Morgan fingerprint density at radius 2 is 1.94 bits per heavy atom. The molecule has 3 heteroatoms. The lowest BCUT2D eigenvalue weighted by Gasteiger charge is -2.38. The van der Waals surface area contributed by atoms with Crippen LogP contribution in [0.25, 0.3) is 0 Å². The van der Waals surface area contributed by atoms with Gasteiger partial charge in [0.2, 0.25) is 0 Å². The van der Waals surface area contributed by atoms with Gasteiger partial charge in [-0.1, -0.05) is 32.9 Å². The second-order valence-electron chi connectivity index (χ2n) is 6.80. The summed E-state index contributed by atoms with van der Waals surface area (Å²) in [5.41, 5.74) is -0.00507. The number of hydrogen-bond donors (Lipinski definition) is 2. The highest BCUT2D eigenvalue weighted by atomic mass is 16.5. The first-order valence-electron chi connectivity index (χ1n) is 6.63. The molecule has 3 unspecified atom stereocenters. The van der Waals surface area contributed by atoms with E-state index in [4.69, 9.17) is 4.74 Å². The van der Waals surface area contributed by atoms with E-state index >= 15 is 0 Å². The van der Waals surface area contributed by atoms with Crippen molar-refractivity contribution in [1.82, 2.24) is 10.6 Å². The summed E-state index contributed by atoms with van der Waals surface area (Å²) in [6.45, 7) is 12.0. The van der Waals surface area contributed by atoms with Crippen LogP contribution in [0, 0.1) is 5.41 Å². The SMILES string of the molecule is CC1(C)NC2CC=CCNC(C(C)(C)C)C2O1. The quantitative estimate of drug-likeness (QED) is 0.634.